The van der Waals surface area contributed by atoms with Crippen molar-refractivity contribution in [2.45, 2.75) is 30.2 Å². The third kappa shape index (κ3) is 6.25. The molecule has 1 atom stereocenters. The van der Waals surface area contributed by atoms with Crippen LogP contribution in [0.4, 0.5) is 11.4 Å². The molecule has 1 unspecified atom stereocenters. The Balaban J connectivity index is 2.88. The van der Waals surface area contributed by atoms with E-state index < -0.39 is 14.9 Å². The average Bonchev–Trinajstić information content (AvgIpc) is 2.36. The molecule has 0 aliphatic carbocycles. The molecule has 122 valence electrons. The summed E-state index contributed by atoms with van der Waals surface area (Å²) >= 11 is 17.6. The predicted octanol–water partition coefficient (Wildman–Crippen LogP) is 3.87. The molecule has 1 aromatic rings. The molecule has 0 aromatic heterocycles. The Bertz CT molecular complexity index is 547. The number of alkyl halides is 3. The van der Waals surface area contributed by atoms with Crippen LogP contribution in [-0.2, 0) is 4.79 Å². The molecule has 0 aliphatic heterocycles. The van der Waals surface area contributed by atoms with Gasteiger partial charge in [-0.05, 0) is 12.0 Å². The minimum atomic E-state index is -1.82. The van der Waals surface area contributed by atoms with Crippen molar-refractivity contribution in [3.05, 3.63) is 34.4 Å². The van der Waals surface area contributed by atoms with Crippen LogP contribution < -0.4 is 10.6 Å². The van der Waals surface area contributed by atoms with E-state index in [0.717, 1.165) is 0 Å². The fraction of sp³-hybridized carbons (Fsp3) is 0.462. The fourth-order valence-electron chi connectivity index (χ4n) is 1.67. The van der Waals surface area contributed by atoms with Gasteiger partial charge in [-0.3, -0.25) is 14.9 Å². The normalized spacial score (nSPS) is 12.8. The second kappa shape index (κ2) is 7.85. The van der Waals surface area contributed by atoms with E-state index in [1.807, 2.05) is 13.8 Å². The number of non-ortho nitro benzene ring substituents is 1. The van der Waals surface area contributed by atoms with Crippen LogP contribution in [0.2, 0.25) is 0 Å². The Morgan fingerprint density at radius 1 is 1.36 bits per heavy atom. The number of hydrogen-bond donors (Lipinski definition) is 2. The molecule has 0 fully saturated rings. The van der Waals surface area contributed by atoms with Crippen LogP contribution in [-0.4, -0.2) is 20.8 Å². The molecule has 1 rings (SSSR count). The molecule has 1 amide bonds. The third-order valence-electron chi connectivity index (χ3n) is 2.59. The number of nitro groups is 1. The molecule has 0 saturated carbocycles. The van der Waals surface area contributed by atoms with Crippen molar-refractivity contribution in [3.63, 3.8) is 0 Å². The molecule has 22 heavy (non-hydrogen) atoms. The van der Waals surface area contributed by atoms with Gasteiger partial charge in [0.25, 0.3) is 5.69 Å². The topological polar surface area (TPSA) is 84.3 Å². The highest BCUT2D eigenvalue weighted by molar-refractivity contribution is 6.68. The molecular formula is C13H16Cl3N3O3. The Labute approximate surface area is 143 Å². The van der Waals surface area contributed by atoms with E-state index in [0.29, 0.717) is 5.69 Å². The monoisotopic (exact) mass is 367 g/mol. The van der Waals surface area contributed by atoms with Crippen LogP contribution in [0.15, 0.2) is 24.3 Å². The molecule has 0 bridgehead atoms. The standard InChI is InChI=1S/C13H16Cl3N3O3/c1-8(2)6-11(20)18-12(13(14,15)16)17-9-4-3-5-10(7-9)19(21)22/h3-5,7-8,12,17H,6H2,1-2H3,(H,18,20). The fourth-order valence-corrected chi connectivity index (χ4v) is 1.99. The highest BCUT2D eigenvalue weighted by Gasteiger charge is 2.34. The van der Waals surface area contributed by atoms with Crippen LogP contribution in [0.1, 0.15) is 20.3 Å². The molecule has 6 nitrogen and oxygen atoms in total. The number of nitrogens with one attached hydrogen (secondary N) is 2. The number of nitro benzene ring substituents is 1. The number of nitrogens with zero attached hydrogens (tertiary/aromatic N) is 1. The van der Waals surface area contributed by atoms with E-state index in [4.69, 9.17) is 34.8 Å². The number of hydrogen-bond acceptors (Lipinski definition) is 4. The van der Waals surface area contributed by atoms with E-state index in [-0.39, 0.29) is 23.9 Å². The second-order valence-corrected chi connectivity index (χ2v) is 7.46. The van der Waals surface area contributed by atoms with Gasteiger partial charge in [0, 0.05) is 24.2 Å². The van der Waals surface area contributed by atoms with Crippen molar-refractivity contribution in [2.75, 3.05) is 5.32 Å². The summed E-state index contributed by atoms with van der Waals surface area (Å²) in [5.74, 6) is -0.141. The number of halogens is 3. The zero-order chi connectivity index (χ0) is 16.9. The maximum Gasteiger partial charge on any atom is 0.271 e. The molecule has 0 aliphatic rings. The highest BCUT2D eigenvalue weighted by atomic mass is 35.6. The van der Waals surface area contributed by atoms with Crippen LogP contribution in [0.5, 0.6) is 0 Å². The number of carbonyl (C=O) groups is 1. The van der Waals surface area contributed by atoms with Gasteiger partial charge >= 0.3 is 0 Å². The Hall–Kier alpha value is -1.24. The largest absolute Gasteiger partial charge is 0.362 e. The number of rotatable bonds is 6. The van der Waals surface area contributed by atoms with Gasteiger partial charge in [-0.2, -0.15) is 0 Å². The van der Waals surface area contributed by atoms with Gasteiger partial charge in [-0.15, -0.1) is 0 Å². The minimum Gasteiger partial charge on any atom is -0.362 e. The summed E-state index contributed by atoms with van der Waals surface area (Å²) in [5.41, 5.74) is 0.247. The highest BCUT2D eigenvalue weighted by Crippen LogP contribution is 2.31. The molecular weight excluding hydrogens is 353 g/mol. The summed E-state index contributed by atoms with van der Waals surface area (Å²) in [7, 11) is 0. The first-order chi connectivity index (χ1) is 10.1. The van der Waals surface area contributed by atoms with Crippen molar-refractivity contribution < 1.29 is 9.72 Å². The van der Waals surface area contributed by atoms with Gasteiger partial charge in [-0.1, -0.05) is 54.7 Å². The summed E-state index contributed by atoms with van der Waals surface area (Å²) < 4.78 is -1.82. The lowest BCUT2D eigenvalue weighted by molar-refractivity contribution is -0.384. The van der Waals surface area contributed by atoms with Gasteiger partial charge in [0.1, 0.15) is 6.17 Å². The number of benzene rings is 1. The first-order valence-corrected chi connectivity index (χ1v) is 7.60. The van der Waals surface area contributed by atoms with Gasteiger partial charge in [0.2, 0.25) is 9.70 Å². The molecule has 0 saturated heterocycles. The van der Waals surface area contributed by atoms with E-state index in [1.165, 1.54) is 18.2 Å². The molecule has 0 heterocycles. The number of amides is 1. The lowest BCUT2D eigenvalue weighted by Gasteiger charge is -2.27. The van der Waals surface area contributed by atoms with Crippen LogP contribution in [0.3, 0.4) is 0 Å². The van der Waals surface area contributed by atoms with Gasteiger partial charge < -0.3 is 10.6 Å². The molecule has 9 heteroatoms. The second-order valence-electron chi connectivity index (χ2n) is 5.09. The first-order valence-electron chi connectivity index (χ1n) is 6.46. The SMILES string of the molecule is CC(C)CC(=O)NC(Nc1cccc([N+](=O)[O-])c1)C(Cl)(Cl)Cl. The van der Waals surface area contributed by atoms with Gasteiger partial charge in [0.05, 0.1) is 4.92 Å². The zero-order valence-corrected chi connectivity index (χ0v) is 14.2. The Morgan fingerprint density at radius 3 is 2.50 bits per heavy atom. The van der Waals surface area contributed by atoms with Crippen LogP contribution in [0.25, 0.3) is 0 Å². The van der Waals surface area contributed by atoms with Crippen molar-refractivity contribution in [3.8, 4) is 0 Å². The van der Waals surface area contributed by atoms with Crippen molar-refractivity contribution in [2.24, 2.45) is 5.92 Å². The van der Waals surface area contributed by atoms with Crippen LogP contribution in [0, 0.1) is 16.0 Å². The van der Waals surface area contributed by atoms with Gasteiger partial charge in [0.15, 0.2) is 0 Å². The van der Waals surface area contributed by atoms with Crippen molar-refractivity contribution >= 4 is 52.1 Å². The lowest BCUT2D eigenvalue weighted by atomic mass is 10.1. The Morgan fingerprint density at radius 2 is 2.00 bits per heavy atom. The minimum absolute atomic E-state index is 0.110. The molecule has 2 N–H and O–H groups in total. The summed E-state index contributed by atoms with van der Waals surface area (Å²) in [5, 5.41) is 16.1. The van der Waals surface area contributed by atoms with Crippen molar-refractivity contribution in [1.29, 1.82) is 0 Å². The van der Waals surface area contributed by atoms with Crippen LogP contribution >= 0.6 is 34.8 Å². The summed E-state index contributed by atoms with van der Waals surface area (Å²) in [4.78, 5) is 22.1. The molecule has 0 radical (unpaired) electrons. The first kappa shape index (κ1) is 18.8. The summed E-state index contributed by atoms with van der Waals surface area (Å²) in [6, 6.07) is 5.70. The van der Waals surface area contributed by atoms with Gasteiger partial charge in [-0.25, -0.2) is 0 Å². The van der Waals surface area contributed by atoms with E-state index in [2.05, 4.69) is 10.6 Å². The predicted molar refractivity (Wildman–Crippen MR) is 88.4 cm³/mol. The summed E-state index contributed by atoms with van der Waals surface area (Å²) in [6.45, 7) is 3.77. The van der Waals surface area contributed by atoms with E-state index in [1.54, 1.807) is 6.07 Å². The lowest BCUT2D eigenvalue weighted by Crippen LogP contribution is -2.49. The number of anilines is 1. The smallest absolute Gasteiger partial charge is 0.271 e. The number of carbonyl (C=O) groups excluding carboxylic acids is 1. The zero-order valence-electron chi connectivity index (χ0n) is 12.0. The summed E-state index contributed by atoms with van der Waals surface area (Å²) in [6.07, 6.45) is -0.751. The quantitative estimate of drug-likeness (QED) is 0.345. The third-order valence-corrected chi connectivity index (χ3v) is 3.25. The molecule has 1 aromatic carbocycles. The van der Waals surface area contributed by atoms with Crippen molar-refractivity contribution in [1.82, 2.24) is 5.32 Å². The maximum atomic E-state index is 11.8. The Kier molecular flexibility index (Phi) is 6.71. The maximum absolute atomic E-state index is 11.8. The van der Waals surface area contributed by atoms with E-state index >= 15 is 0 Å². The molecule has 0 spiro atoms. The van der Waals surface area contributed by atoms with E-state index in [9.17, 15) is 14.9 Å². The average molecular weight is 369 g/mol.